The SMILES string of the molecule is CC(C)(C)[Si](C)(C)OC[C@H]1OC(n2cnc3c(Cl)nc(N)nc32)C[C@@H]1N=[N+]=[N-]. The average Bonchev–Trinajstić information content (AvgIpc) is 3.16. The molecule has 152 valence electrons. The van der Waals surface area contributed by atoms with Crippen molar-refractivity contribution >= 4 is 37.0 Å². The zero-order valence-electron chi connectivity index (χ0n) is 16.6. The largest absolute Gasteiger partial charge is 0.414 e. The van der Waals surface area contributed by atoms with Crippen LogP contribution in [-0.2, 0) is 9.16 Å². The number of halogens is 1. The molecule has 0 bridgehead atoms. The number of fused-ring (bicyclic) bond motifs is 1. The van der Waals surface area contributed by atoms with Crippen LogP contribution >= 0.6 is 11.6 Å². The summed E-state index contributed by atoms with van der Waals surface area (Å²) in [5.41, 5.74) is 15.6. The Hall–Kier alpha value is -1.91. The zero-order valence-corrected chi connectivity index (χ0v) is 18.4. The first-order chi connectivity index (χ1) is 13.0. The monoisotopic (exact) mass is 424 g/mol. The van der Waals surface area contributed by atoms with Crippen LogP contribution < -0.4 is 5.73 Å². The lowest BCUT2D eigenvalue weighted by Gasteiger charge is -2.37. The average molecular weight is 425 g/mol. The summed E-state index contributed by atoms with van der Waals surface area (Å²) in [5.74, 6) is 0.0571. The molecule has 1 saturated heterocycles. The van der Waals surface area contributed by atoms with Gasteiger partial charge in [-0.2, -0.15) is 9.97 Å². The molecule has 1 unspecified atom stereocenters. The fraction of sp³-hybridized carbons (Fsp3) is 0.688. The number of hydrogen-bond donors (Lipinski definition) is 1. The van der Waals surface area contributed by atoms with E-state index in [0.29, 0.717) is 24.2 Å². The van der Waals surface area contributed by atoms with Crippen LogP contribution in [0.2, 0.25) is 23.3 Å². The van der Waals surface area contributed by atoms with Crippen molar-refractivity contribution in [1.29, 1.82) is 0 Å². The molecule has 0 saturated carbocycles. The molecule has 0 spiro atoms. The van der Waals surface area contributed by atoms with Crippen LogP contribution in [0.15, 0.2) is 11.4 Å². The lowest BCUT2D eigenvalue weighted by atomic mass is 10.1. The van der Waals surface area contributed by atoms with Crippen LogP contribution in [0.1, 0.15) is 33.4 Å². The third-order valence-corrected chi connectivity index (χ3v) is 10.3. The van der Waals surface area contributed by atoms with Gasteiger partial charge in [0.1, 0.15) is 11.7 Å². The summed E-state index contributed by atoms with van der Waals surface area (Å²) >= 11 is 6.10. The van der Waals surface area contributed by atoms with Gasteiger partial charge in [0.2, 0.25) is 5.95 Å². The van der Waals surface area contributed by atoms with E-state index in [0.717, 1.165) is 0 Å². The molecule has 0 amide bonds. The molecule has 28 heavy (non-hydrogen) atoms. The number of hydrogen-bond acceptors (Lipinski definition) is 7. The molecule has 3 rings (SSSR count). The highest BCUT2D eigenvalue weighted by Crippen LogP contribution is 2.38. The van der Waals surface area contributed by atoms with E-state index in [-0.39, 0.29) is 28.3 Å². The Morgan fingerprint density at radius 3 is 2.82 bits per heavy atom. The fourth-order valence-corrected chi connectivity index (χ4v) is 4.07. The van der Waals surface area contributed by atoms with Crippen molar-refractivity contribution in [2.45, 2.75) is 63.7 Å². The van der Waals surface area contributed by atoms with Gasteiger partial charge in [0.25, 0.3) is 0 Å². The van der Waals surface area contributed by atoms with Gasteiger partial charge < -0.3 is 14.9 Å². The van der Waals surface area contributed by atoms with Crippen molar-refractivity contribution in [3.05, 3.63) is 21.9 Å². The second-order valence-electron chi connectivity index (χ2n) is 8.41. The van der Waals surface area contributed by atoms with E-state index in [4.69, 9.17) is 32.0 Å². The Labute approximate surface area is 169 Å². The van der Waals surface area contributed by atoms with Crippen molar-refractivity contribution in [1.82, 2.24) is 19.5 Å². The van der Waals surface area contributed by atoms with E-state index in [1.807, 2.05) is 0 Å². The van der Waals surface area contributed by atoms with Crippen molar-refractivity contribution < 1.29 is 9.16 Å². The lowest BCUT2D eigenvalue weighted by Crippen LogP contribution is -2.43. The van der Waals surface area contributed by atoms with E-state index in [1.54, 1.807) is 10.9 Å². The zero-order chi connectivity index (χ0) is 20.7. The minimum absolute atomic E-state index is 0.0571. The van der Waals surface area contributed by atoms with Crippen LogP contribution in [0.3, 0.4) is 0 Å². The quantitative estimate of drug-likeness (QED) is 0.252. The molecular formula is C16H25ClN8O2Si. The van der Waals surface area contributed by atoms with Crippen molar-refractivity contribution in [3.63, 3.8) is 0 Å². The summed E-state index contributed by atoms with van der Waals surface area (Å²) in [5, 5.41) is 4.18. The van der Waals surface area contributed by atoms with Crippen molar-refractivity contribution in [2.24, 2.45) is 5.11 Å². The number of nitrogens with zero attached hydrogens (tertiary/aromatic N) is 7. The Kier molecular flexibility index (Phi) is 5.57. The van der Waals surface area contributed by atoms with Gasteiger partial charge in [0, 0.05) is 11.3 Å². The van der Waals surface area contributed by atoms with Crippen LogP contribution in [0.5, 0.6) is 0 Å². The first-order valence-corrected chi connectivity index (χ1v) is 12.3. The molecule has 1 fully saturated rings. The second-order valence-corrected chi connectivity index (χ2v) is 13.6. The number of ether oxygens (including phenoxy) is 1. The first-order valence-electron chi connectivity index (χ1n) is 9.02. The van der Waals surface area contributed by atoms with Gasteiger partial charge in [-0.3, -0.25) is 4.57 Å². The number of nitrogen functional groups attached to an aromatic ring is 1. The summed E-state index contributed by atoms with van der Waals surface area (Å²) in [4.78, 5) is 15.4. The lowest BCUT2D eigenvalue weighted by molar-refractivity contribution is -0.0207. The van der Waals surface area contributed by atoms with E-state index < -0.39 is 14.5 Å². The Bertz CT molecular complexity index is 921. The number of rotatable bonds is 5. The smallest absolute Gasteiger partial charge is 0.223 e. The third-order valence-electron chi connectivity index (χ3n) is 5.53. The van der Waals surface area contributed by atoms with E-state index >= 15 is 0 Å². The minimum atomic E-state index is -1.96. The number of azide groups is 1. The number of anilines is 1. The van der Waals surface area contributed by atoms with Crippen LogP contribution in [0.4, 0.5) is 5.95 Å². The van der Waals surface area contributed by atoms with Gasteiger partial charge in [0.05, 0.1) is 25.1 Å². The van der Waals surface area contributed by atoms with Crippen molar-refractivity contribution in [3.8, 4) is 0 Å². The number of nitrogens with two attached hydrogens (primary N) is 1. The van der Waals surface area contributed by atoms with Gasteiger partial charge >= 0.3 is 0 Å². The van der Waals surface area contributed by atoms with Crippen LogP contribution in [0.25, 0.3) is 21.6 Å². The molecule has 3 atom stereocenters. The third kappa shape index (κ3) is 3.94. The molecular weight excluding hydrogens is 400 g/mol. The topological polar surface area (TPSA) is 137 Å². The predicted octanol–water partition coefficient (Wildman–Crippen LogP) is 4.05. The van der Waals surface area contributed by atoms with Gasteiger partial charge in [-0.1, -0.05) is 37.5 Å². The van der Waals surface area contributed by atoms with E-state index in [9.17, 15) is 0 Å². The maximum Gasteiger partial charge on any atom is 0.223 e. The maximum atomic E-state index is 8.96. The highest BCUT2D eigenvalue weighted by molar-refractivity contribution is 6.74. The number of aromatic nitrogens is 4. The standard InChI is InChI=1S/C16H25ClN8O2Si/c1-16(2,3)28(4,5)26-7-10-9(23-24-19)6-11(27-10)25-8-20-12-13(17)21-15(18)22-14(12)25/h8-11H,6-7H2,1-5H3,(H2,18,21,22)/t9-,10+,11?/m0/s1. The summed E-state index contributed by atoms with van der Waals surface area (Å²) < 4.78 is 14.2. The summed E-state index contributed by atoms with van der Waals surface area (Å²) in [6.45, 7) is 11.2. The molecule has 0 aromatic carbocycles. The molecule has 1 aliphatic heterocycles. The molecule has 10 nitrogen and oxygen atoms in total. The maximum absolute atomic E-state index is 8.96. The Morgan fingerprint density at radius 2 is 2.18 bits per heavy atom. The minimum Gasteiger partial charge on any atom is -0.414 e. The Balaban J connectivity index is 1.83. The van der Waals surface area contributed by atoms with Crippen LogP contribution in [0, 0.1) is 0 Å². The van der Waals surface area contributed by atoms with Crippen LogP contribution in [-0.4, -0.2) is 46.6 Å². The summed E-state index contributed by atoms with van der Waals surface area (Å²) in [6, 6.07) is -0.355. The number of imidazole rings is 1. The highest BCUT2D eigenvalue weighted by Gasteiger charge is 2.41. The Morgan fingerprint density at radius 1 is 1.46 bits per heavy atom. The fourth-order valence-electron chi connectivity index (χ4n) is 2.84. The molecule has 2 aromatic heterocycles. The van der Waals surface area contributed by atoms with Crippen molar-refractivity contribution in [2.75, 3.05) is 12.3 Å². The summed E-state index contributed by atoms with van der Waals surface area (Å²) in [6.07, 6.45) is 1.28. The first kappa shape index (κ1) is 20.8. The second kappa shape index (κ2) is 7.49. The van der Waals surface area contributed by atoms with E-state index in [2.05, 4.69) is 58.8 Å². The molecule has 2 aromatic rings. The predicted molar refractivity (Wildman–Crippen MR) is 109 cm³/mol. The highest BCUT2D eigenvalue weighted by atomic mass is 35.5. The van der Waals surface area contributed by atoms with Gasteiger partial charge in [-0.05, 0) is 23.7 Å². The molecule has 0 aliphatic carbocycles. The molecule has 3 heterocycles. The molecule has 1 aliphatic rings. The molecule has 2 N–H and O–H groups in total. The van der Waals surface area contributed by atoms with E-state index in [1.165, 1.54) is 0 Å². The normalized spacial score (nSPS) is 23.1. The van der Waals surface area contributed by atoms with Gasteiger partial charge in [-0.25, -0.2) is 4.98 Å². The summed E-state index contributed by atoms with van der Waals surface area (Å²) in [7, 11) is -1.96. The molecule has 12 heteroatoms. The van der Waals surface area contributed by atoms with Gasteiger partial charge in [-0.15, -0.1) is 0 Å². The van der Waals surface area contributed by atoms with Gasteiger partial charge in [0.15, 0.2) is 19.1 Å². The molecule has 0 radical (unpaired) electrons.